The number of aromatic nitrogens is 2. The van der Waals surface area contributed by atoms with Gasteiger partial charge in [0.1, 0.15) is 18.2 Å². The number of imidazole rings is 1. The van der Waals surface area contributed by atoms with E-state index in [4.69, 9.17) is 40.3 Å². The van der Waals surface area contributed by atoms with Crippen LogP contribution in [0.15, 0.2) is 54.6 Å². The first-order valence-electron chi connectivity index (χ1n) is 15.2. The molecule has 4 heterocycles. The highest BCUT2D eigenvalue weighted by Crippen LogP contribution is 2.45. The Balaban J connectivity index is 1.08. The Morgan fingerprint density at radius 3 is 2.64 bits per heavy atom. The fourth-order valence-electron chi connectivity index (χ4n) is 6.52. The highest BCUT2D eigenvalue weighted by molar-refractivity contribution is 6.30. The van der Waals surface area contributed by atoms with E-state index in [2.05, 4.69) is 21.6 Å². The fraction of sp³-hybridized carbons (Fsp3) is 0.412. The van der Waals surface area contributed by atoms with Crippen molar-refractivity contribution in [2.24, 2.45) is 0 Å². The number of fused-ring (bicyclic) bond motifs is 2. The number of hydrogen-bond donors (Lipinski definition) is 0. The molecule has 0 aliphatic carbocycles. The van der Waals surface area contributed by atoms with E-state index >= 15 is 0 Å². The molecule has 0 unspecified atom stereocenters. The number of carbonyl (C=O) groups is 1. The molecule has 0 radical (unpaired) electrons. The highest BCUT2D eigenvalue weighted by atomic mass is 35.5. The third kappa shape index (κ3) is 5.60. The Hall–Kier alpha value is -3.79. The molecule has 4 aromatic rings. The molecule has 0 bridgehead atoms. The molecule has 0 saturated carbocycles. The van der Waals surface area contributed by atoms with Crippen LogP contribution in [0.1, 0.15) is 58.6 Å². The maximum Gasteiger partial charge on any atom is 0.337 e. The second-order valence-corrected chi connectivity index (χ2v) is 12.1. The van der Waals surface area contributed by atoms with Crippen LogP contribution >= 0.6 is 11.6 Å². The molecule has 3 aliphatic heterocycles. The average Bonchev–Trinajstić information content (AvgIpc) is 3.37. The summed E-state index contributed by atoms with van der Waals surface area (Å²) in [5, 5.41) is 0.619. The van der Waals surface area contributed by atoms with E-state index in [1.54, 1.807) is 13.2 Å². The number of hydrogen-bond acceptors (Lipinski definition) is 8. The summed E-state index contributed by atoms with van der Waals surface area (Å²) in [7, 11) is 3.04. The number of halogens is 1. The third-order valence-electron chi connectivity index (χ3n) is 9.02. The first kappa shape index (κ1) is 29.0. The van der Waals surface area contributed by atoms with Crippen LogP contribution in [0.3, 0.4) is 0 Å². The molecule has 230 valence electrons. The van der Waals surface area contributed by atoms with Crippen LogP contribution in [-0.4, -0.2) is 67.0 Å². The normalized spacial score (nSPS) is 20.3. The molecule has 10 heteroatoms. The molecular weight excluding hydrogens is 582 g/mol. The molecule has 0 spiro atoms. The van der Waals surface area contributed by atoms with Gasteiger partial charge < -0.3 is 28.3 Å². The highest BCUT2D eigenvalue weighted by Gasteiger charge is 2.32. The SMILES string of the molecule is COC(=O)c1ccc2nc(CN3CCC(c4cccc5c4O[C@@H](c4ccc(Cl)cc4OC)CO5)CC3)n(C[C@@H]3CCO3)c2c1. The summed E-state index contributed by atoms with van der Waals surface area (Å²) >= 11 is 6.21. The minimum Gasteiger partial charge on any atom is -0.496 e. The molecule has 2 atom stereocenters. The molecule has 2 saturated heterocycles. The Labute approximate surface area is 261 Å². The van der Waals surface area contributed by atoms with Crippen molar-refractivity contribution in [2.75, 3.05) is 40.5 Å². The van der Waals surface area contributed by atoms with Gasteiger partial charge in [-0.05, 0) is 80.7 Å². The lowest BCUT2D eigenvalue weighted by Gasteiger charge is -2.35. The standard InChI is InChI=1S/C34H36ClN3O6/c1-40-30-17-23(35)7-8-26(30)31-20-43-29-5-3-4-25(33(29)44-31)21-10-13-37(14-11-21)19-32-36-27-9-6-22(34(39)41-2)16-28(27)38(32)18-24-12-15-42-24/h3-9,16-17,21,24,31H,10-15,18-20H2,1-2H3/t24-,31+/m0/s1. The maximum absolute atomic E-state index is 12.2. The molecule has 9 nitrogen and oxygen atoms in total. The lowest BCUT2D eigenvalue weighted by Crippen LogP contribution is -2.35. The van der Waals surface area contributed by atoms with E-state index in [0.29, 0.717) is 28.9 Å². The van der Waals surface area contributed by atoms with Crippen molar-refractivity contribution in [3.8, 4) is 17.2 Å². The summed E-state index contributed by atoms with van der Waals surface area (Å²) in [6.45, 7) is 4.51. The fourth-order valence-corrected chi connectivity index (χ4v) is 6.68. The zero-order valence-electron chi connectivity index (χ0n) is 25.0. The van der Waals surface area contributed by atoms with Crippen molar-refractivity contribution in [3.05, 3.63) is 82.1 Å². The quantitative estimate of drug-likeness (QED) is 0.217. The molecule has 0 N–H and O–H groups in total. The van der Waals surface area contributed by atoms with Gasteiger partial charge in [-0.2, -0.15) is 0 Å². The van der Waals surface area contributed by atoms with E-state index < -0.39 is 0 Å². The van der Waals surface area contributed by atoms with Gasteiger partial charge in [0.25, 0.3) is 0 Å². The van der Waals surface area contributed by atoms with Gasteiger partial charge >= 0.3 is 5.97 Å². The molecule has 3 aromatic carbocycles. The maximum atomic E-state index is 12.2. The first-order valence-corrected chi connectivity index (χ1v) is 15.6. The zero-order valence-corrected chi connectivity index (χ0v) is 25.7. The van der Waals surface area contributed by atoms with Crippen molar-refractivity contribution >= 4 is 28.6 Å². The molecule has 7 rings (SSSR count). The number of esters is 1. The smallest absolute Gasteiger partial charge is 0.337 e. The van der Waals surface area contributed by atoms with Crippen LogP contribution in [0.4, 0.5) is 0 Å². The minimum absolute atomic E-state index is 0.168. The number of likely N-dealkylation sites (tertiary alicyclic amines) is 1. The van der Waals surface area contributed by atoms with E-state index in [1.807, 2.05) is 36.4 Å². The monoisotopic (exact) mass is 617 g/mol. The summed E-state index contributed by atoms with van der Waals surface area (Å²) in [4.78, 5) is 19.7. The molecule has 0 amide bonds. The molecule has 44 heavy (non-hydrogen) atoms. The number of piperidine rings is 1. The number of para-hydroxylation sites is 1. The van der Waals surface area contributed by atoms with E-state index in [-0.39, 0.29) is 18.2 Å². The number of ether oxygens (including phenoxy) is 5. The number of carbonyl (C=O) groups excluding carboxylic acids is 1. The number of methoxy groups -OCH3 is 2. The van der Waals surface area contributed by atoms with Crippen LogP contribution in [0.5, 0.6) is 17.2 Å². The van der Waals surface area contributed by atoms with Gasteiger partial charge in [-0.3, -0.25) is 4.90 Å². The van der Waals surface area contributed by atoms with E-state index in [0.717, 1.165) is 86.0 Å². The summed E-state index contributed by atoms with van der Waals surface area (Å²) < 4.78 is 31.4. The Kier molecular flexibility index (Phi) is 8.10. The first-order chi connectivity index (χ1) is 21.5. The van der Waals surface area contributed by atoms with Crippen LogP contribution in [-0.2, 0) is 22.6 Å². The van der Waals surface area contributed by atoms with E-state index in [1.165, 1.54) is 12.7 Å². The number of nitrogens with zero attached hydrogens (tertiary/aromatic N) is 3. The zero-order chi connectivity index (χ0) is 30.2. The van der Waals surface area contributed by atoms with Gasteiger partial charge in [0.2, 0.25) is 0 Å². The van der Waals surface area contributed by atoms with Crippen molar-refractivity contribution in [2.45, 2.75) is 50.5 Å². The summed E-state index contributed by atoms with van der Waals surface area (Å²) in [6.07, 6.45) is 2.89. The van der Waals surface area contributed by atoms with Gasteiger partial charge in [-0.1, -0.05) is 23.7 Å². The van der Waals surface area contributed by atoms with E-state index in [9.17, 15) is 4.79 Å². The third-order valence-corrected chi connectivity index (χ3v) is 9.26. The molecular formula is C34H36ClN3O6. The lowest BCUT2D eigenvalue weighted by molar-refractivity contribution is -0.0592. The summed E-state index contributed by atoms with van der Waals surface area (Å²) in [5.41, 5.74) is 4.44. The Morgan fingerprint density at radius 2 is 1.89 bits per heavy atom. The topological polar surface area (TPSA) is 84.3 Å². The number of rotatable bonds is 8. The van der Waals surface area contributed by atoms with Crippen LogP contribution in [0, 0.1) is 0 Å². The van der Waals surface area contributed by atoms with Crippen LogP contribution in [0.2, 0.25) is 5.02 Å². The second kappa shape index (κ2) is 12.3. The molecule has 3 aliphatic rings. The van der Waals surface area contributed by atoms with Crippen molar-refractivity contribution in [1.82, 2.24) is 14.5 Å². The number of benzene rings is 3. The Morgan fingerprint density at radius 1 is 1.05 bits per heavy atom. The van der Waals surface area contributed by atoms with Gasteiger partial charge in [0.15, 0.2) is 17.6 Å². The lowest BCUT2D eigenvalue weighted by atomic mass is 9.88. The van der Waals surface area contributed by atoms with Crippen LogP contribution < -0.4 is 14.2 Å². The van der Waals surface area contributed by atoms with Crippen LogP contribution in [0.25, 0.3) is 11.0 Å². The largest absolute Gasteiger partial charge is 0.496 e. The van der Waals surface area contributed by atoms with Gasteiger partial charge in [0.05, 0.1) is 50.0 Å². The summed E-state index contributed by atoms with van der Waals surface area (Å²) in [5.74, 6) is 3.29. The predicted molar refractivity (Wildman–Crippen MR) is 166 cm³/mol. The van der Waals surface area contributed by atoms with Crippen molar-refractivity contribution < 1.29 is 28.5 Å². The van der Waals surface area contributed by atoms with Gasteiger partial charge in [-0.15, -0.1) is 0 Å². The second-order valence-electron chi connectivity index (χ2n) is 11.6. The van der Waals surface area contributed by atoms with Crippen molar-refractivity contribution in [1.29, 1.82) is 0 Å². The summed E-state index contributed by atoms with van der Waals surface area (Å²) in [6, 6.07) is 17.4. The average molecular weight is 618 g/mol. The van der Waals surface area contributed by atoms with Gasteiger partial charge in [-0.25, -0.2) is 9.78 Å². The predicted octanol–water partition coefficient (Wildman–Crippen LogP) is 6.17. The Bertz CT molecular complexity index is 1680. The minimum atomic E-state index is -0.348. The molecule has 2 fully saturated rings. The molecule has 1 aromatic heterocycles. The van der Waals surface area contributed by atoms with Crippen molar-refractivity contribution in [3.63, 3.8) is 0 Å². The van der Waals surface area contributed by atoms with Gasteiger partial charge in [0, 0.05) is 22.8 Å².